The van der Waals surface area contributed by atoms with Gasteiger partial charge < -0.3 is 10.1 Å². The molecule has 0 bridgehead atoms. The van der Waals surface area contributed by atoms with Gasteiger partial charge in [-0.1, -0.05) is 30.3 Å². The Kier molecular flexibility index (Phi) is 5.02. The number of methoxy groups -OCH3 is 1. The minimum Gasteiger partial charge on any atom is -0.382 e. The van der Waals surface area contributed by atoms with E-state index in [2.05, 4.69) is 60.1 Å². The highest BCUT2D eigenvalue weighted by Crippen LogP contribution is 2.27. The molecular formula is C17H25N3O. The second kappa shape index (κ2) is 6.76. The van der Waals surface area contributed by atoms with E-state index in [4.69, 9.17) is 4.74 Å². The van der Waals surface area contributed by atoms with E-state index in [9.17, 15) is 0 Å². The Balaban J connectivity index is 2.30. The van der Waals surface area contributed by atoms with Crippen molar-refractivity contribution in [2.75, 3.05) is 19.0 Å². The number of rotatable bonds is 6. The molecule has 1 aromatic carbocycles. The van der Waals surface area contributed by atoms with E-state index >= 15 is 0 Å². The molecular weight excluding hydrogens is 262 g/mol. The maximum atomic E-state index is 5.37. The Labute approximate surface area is 127 Å². The van der Waals surface area contributed by atoms with Crippen LogP contribution in [0.3, 0.4) is 0 Å². The lowest BCUT2D eigenvalue weighted by Crippen LogP contribution is -2.17. The fourth-order valence-corrected chi connectivity index (χ4v) is 2.62. The van der Waals surface area contributed by atoms with Crippen LogP contribution in [0.4, 0.5) is 5.69 Å². The highest BCUT2D eigenvalue weighted by atomic mass is 16.5. The summed E-state index contributed by atoms with van der Waals surface area (Å²) in [5.74, 6) is 0. The van der Waals surface area contributed by atoms with Gasteiger partial charge in [0, 0.05) is 13.2 Å². The molecule has 2 rings (SSSR count). The maximum absolute atomic E-state index is 5.37. The number of ether oxygens (including phenoxy) is 1. The highest BCUT2D eigenvalue weighted by Gasteiger charge is 2.18. The Morgan fingerprint density at radius 3 is 2.38 bits per heavy atom. The lowest BCUT2D eigenvalue weighted by Gasteiger charge is -2.20. The predicted octanol–water partition coefficient (Wildman–Crippen LogP) is 3.88. The quantitative estimate of drug-likeness (QED) is 0.876. The average Bonchev–Trinajstić information content (AvgIpc) is 2.75. The summed E-state index contributed by atoms with van der Waals surface area (Å²) < 4.78 is 7.44. The van der Waals surface area contributed by atoms with Gasteiger partial charge >= 0.3 is 0 Å². The summed E-state index contributed by atoms with van der Waals surface area (Å²) in [7, 11) is 1.73. The van der Waals surface area contributed by atoms with Crippen molar-refractivity contribution in [1.82, 2.24) is 9.78 Å². The monoisotopic (exact) mass is 287 g/mol. The van der Waals surface area contributed by atoms with Gasteiger partial charge in [-0.05, 0) is 33.3 Å². The fraction of sp³-hybridized carbons (Fsp3) is 0.471. The molecule has 4 heteroatoms. The van der Waals surface area contributed by atoms with Crippen molar-refractivity contribution >= 4 is 5.69 Å². The zero-order chi connectivity index (χ0) is 15.4. The third kappa shape index (κ3) is 3.45. The SMILES string of the molecule is COCC(Nc1c(C)nn(C(C)C)c1C)c1ccccc1. The van der Waals surface area contributed by atoms with E-state index in [0.29, 0.717) is 12.6 Å². The van der Waals surface area contributed by atoms with E-state index in [1.54, 1.807) is 7.11 Å². The average molecular weight is 287 g/mol. The minimum atomic E-state index is 0.124. The lowest BCUT2D eigenvalue weighted by molar-refractivity contribution is 0.186. The molecule has 1 unspecified atom stereocenters. The summed E-state index contributed by atoms with van der Waals surface area (Å²) >= 11 is 0. The van der Waals surface area contributed by atoms with Crippen molar-refractivity contribution in [3.8, 4) is 0 Å². The molecule has 0 spiro atoms. The standard InChI is InChI=1S/C17H25N3O/c1-12(2)20-14(4)17(13(3)19-20)18-16(11-21-5)15-9-7-6-8-10-15/h6-10,12,16,18H,11H2,1-5H3. The van der Waals surface area contributed by atoms with E-state index in [1.807, 2.05) is 13.0 Å². The number of nitrogens with zero attached hydrogens (tertiary/aromatic N) is 2. The van der Waals surface area contributed by atoms with Gasteiger partial charge in [0.2, 0.25) is 0 Å². The van der Waals surface area contributed by atoms with Gasteiger partial charge in [-0.3, -0.25) is 4.68 Å². The first-order valence-corrected chi connectivity index (χ1v) is 7.40. The largest absolute Gasteiger partial charge is 0.382 e. The van der Waals surface area contributed by atoms with Crippen molar-refractivity contribution in [2.24, 2.45) is 0 Å². The van der Waals surface area contributed by atoms with Gasteiger partial charge in [0.1, 0.15) is 0 Å². The molecule has 0 aliphatic heterocycles. The number of anilines is 1. The van der Waals surface area contributed by atoms with Crippen molar-refractivity contribution in [2.45, 2.75) is 39.8 Å². The predicted molar refractivity (Wildman–Crippen MR) is 86.8 cm³/mol. The van der Waals surface area contributed by atoms with Gasteiger partial charge in [0.05, 0.1) is 29.7 Å². The fourth-order valence-electron chi connectivity index (χ4n) is 2.62. The van der Waals surface area contributed by atoms with E-state index in [-0.39, 0.29) is 6.04 Å². The first-order chi connectivity index (χ1) is 10.0. The Hall–Kier alpha value is -1.81. The van der Waals surface area contributed by atoms with Crippen molar-refractivity contribution in [1.29, 1.82) is 0 Å². The molecule has 4 nitrogen and oxygen atoms in total. The van der Waals surface area contributed by atoms with Crippen LogP contribution in [0.25, 0.3) is 0 Å². The molecule has 1 N–H and O–H groups in total. The van der Waals surface area contributed by atoms with Crippen molar-refractivity contribution in [3.05, 3.63) is 47.3 Å². The molecule has 0 fully saturated rings. The molecule has 114 valence electrons. The van der Waals surface area contributed by atoms with Gasteiger partial charge in [-0.2, -0.15) is 5.10 Å². The number of nitrogens with one attached hydrogen (secondary N) is 1. The van der Waals surface area contributed by atoms with Crippen LogP contribution in [0.2, 0.25) is 0 Å². The summed E-state index contributed by atoms with van der Waals surface area (Å²) in [6.45, 7) is 9.07. The molecule has 1 aromatic heterocycles. The van der Waals surface area contributed by atoms with Crippen molar-refractivity contribution in [3.63, 3.8) is 0 Å². The summed E-state index contributed by atoms with van der Waals surface area (Å²) in [4.78, 5) is 0. The summed E-state index contributed by atoms with van der Waals surface area (Å²) in [5, 5.41) is 8.23. The van der Waals surface area contributed by atoms with Gasteiger partial charge in [0.25, 0.3) is 0 Å². The van der Waals surface area contributed by atoms with Crippen LogP contribution in [0.1, 0.15) is 42.9 Å². The van der Waals surface area contributed by atoms with Crippen LogP contribution in [0.5, 0.6) is 0 Å². The molecule has 0 aliphatic carbocycles. The Morgan fingerprint density at radius 2 is 1.86 bits per heavy atom. The third-order valence-electron chi connectivity index (χ3n) is 3.67. The van der Waals surface area contributed by atoms with Crippen LogP contribution in [-0.2, 0) is 4.74 Å². The van der Waals surface area contributed by atoms with Crippen molar-refractivity contribution < 1.29 is 4.74 Å². The zero-order valence-corrected chi connectivity index (χ0v) is 13.6. The number of aryl methyl sites for hydroxylation is 1. The second-order valence-electron chi connectivity index (χ2n) is 5.65. The first kappa shape index (κ1) is 15.6. The normalized spacial score (nSPS) is 12.7. The van der Waals surface area contributed by atoms with Gasteiger partial charge in [-0.15, -0.1) is 0 Å². The summed E-state index contributed by atoms with van der Waals surface area (Å²) in [6, 6.07) is 10.9. The minimum absolute atomic E-state index is 0.124. The second-order valence-corrected chi connectivity index (χ2v) is 5.65. The summed E-state index contributed by atoms with van der Waals surface area (Å²) in [5.41, 5.74) is 4.52. The molecule has 0 amide bonds. The zero-order valence-electron chi connectivity index (χ0n) is 13.6. The molecule has 2 aromatic rings. The Bertz CT molecular complexity index is 575. The molecule has 0 saturated carbocycles. The molecule has 1 atom stereocenters. The number of hydrogen-bond acceptors (Lipinski definition) is 3. The van der Waals surface area contributed by atoms with E-state index in [1.165, 1.54) is 11.3 Å². The van der Waals surface area contributed by atoms with Gasteiger partial charge in [-0.25, -0.2) is 0 Å². The lowest BCUT2D eigenvalue weighted by atomic mass is 10.1. The third-order valence-corrected chi connectivity index (χ3v) is 3.67. The first-order valence-electron chi connectivity index (χ1n) is 7.40. The molecule has 21 heavy (non-hydrogen) atoms. The number of aromatic nitrogens is 2. The van der Waals surface area contributed by atoms with Crippen LogP contribution < -0.4 is 5.32 Å². The van der Waals surface area contributed by atoms with E-state index in [0.717, 1.165) is 11.4 Å². The summed E-state index contributed by atoms with van der Waals surface area (Å²) in [6.07, 6.45) is 0. The smallest absolute Gasteiger partial charge is 0.0828 e. The topological polar surface area (TPSA) is 39.1 Å². The molecule has 1 heterocycles. The molecule has 0 saturated heterocycles. The van der Waals surface area contributed by atoms with Crippen LogP contribution in [0, 0.1) is 13.8 Å². The number of benzene rings is 1. The van der Waals surface area contributed by atoms with Gasteiger partial charge in [0.15, 0.2) is 0 Å². The molecule has 0 aliphatic rings. The maximum Gasteiger partial charge on any atom is 0.0828 e. The van der Waals surface area contributed by atoms with Crippen LogP contribution in [-0.4, -0.2) is 23.5 Å². The van der Waals surface area contributed by atoms with E-state index < -0.39 is 0 Å². The Morgan fingerprint density at radius 1 is 1.19 bits per heavy atom. The van der Waals surface area contributed by atoms with Crippen LogP contribution in [0.15, 0.2) is 30.3 Å². The highest BCUT2D eigenvalue weighted by molar-refractivity contribution is 5.54. The number of hydrogen-bond donors (Lipinski definition) is 1. The van der Waals surface area contributed by atoms with Crippen LogP contribution >= 0.6 is 0 Å². The molecule has 0 radical (unpaired) electrons.